The second kappa shape index (κ2) is 8.66. The van der Waals surface area contributed by atoms with Gasteiger partial charge in [-0.3, -0.25) is 15.1 Å². The number of non-ortho nitro benzene ring substituents is 1. The summed E-state index contributed by atoms with van der Waals surface area (Å²) in [6.07, 6.45) is 3.70. The van der Waals surface area contributed by atoms with Crippen LogP contribution in [0.25, 0.3) is 22.2 Å². The molecule has 156 valence electrons. The van der Waals surface area contributed by atoms with Crippen LogP contribution in [0.2, 0.25) is 0 Å². The number of aliphatic imine (C=N–C) groups is 1. The predicted octanol–water partition coefficient (Wildman–Crippen LogP) is 4.54. The minimum absolute atomic E-state index is 0.0198. The van der Waals surface area contributed by atoms with Crippen LogP contribution in [0.4, 0.5) is 5.69 Å². The molecule has 0 aliphatic heterocycles. The lowest BCUT2D eigenvalue weighted by molar-refractivity contribution is -0.384. The van der Waals surface area contributed by atoms with Crippen LogP contribution in [0.15, 0.2) is 76.3 Å². The molecule has 0 saturated carbocycles. The van der Waals surface area contributed by atoms with Crippen molar-refractivity contribution in [1.29, 1.82) is 0 Å². The van der Waals surface area contributed by atoms with Crippen LogP contribution in [-0.4, -0.2) is 35.2 Å². The predicted molar refractivity (Wildman–Crippen MR) is 116 cm³/mol. The number of aromatic amines is 1. The number of hydrogen-bond donors (Lipinski definition) is 1. The average molecular weight is 417 g/mol. The number of nitro groups is 1. The summed E-state index contributed by atoms with van der Waals surface area (Å²) in [5.74, 6) is 0.442. The Hall–Kier alpha value is -4.20. The molecule has 0 saturated heterocycles. The van der Waals surface area contributed by atoms with Gasteiger partial charge in [0.05, 0.1) is 18.2 Å². The number of furan rings is 1. The summed E-state index contributed by atoms with van der Waals surface area (Å²) in [7, 11) is 1.33. The highest BCUT2D eigenvalue weighted by Crippen LogP contribution is 2.25. The number of H-pyrrole nitrogens is 1. The molecule has 0 spiro atoms. The smallest absolute Gasteiger partial charge is 0.330 e. The minimum atomic E-state index is -0.740. The molecule has 8 nitrogen and oxygen atoms in total. The first-order valence-corrected chi connectivity index (χ1v) is 9.56. The number of benzene rings is 2. The Kier molecular flexibility index (Phi) is 5.61. The molecule has 0 fully saturated rings. The Morgan fingerprint density at radius 2 is 2.06 bits per heavy atom. The van der Waals surface area contributed by atoms with Gasteiger partial charge < -0.3 is 14.1 Å². The highest BCUT2D eigenvalue weighted by molar-refractivity contribution is 5.86. The fraction of sp³-hybridized carbons (Fsp3) is 0.130. The van der Waals surface area contributed by atoms with E-state index in [-0.39, 0.29) is 5.69 Å². The van der Waals surface area contributed by atoms with Gasteiger partial charge in [0.1, 0.15) is 11.5 Å². The van der Waals surface area contributed by atoms with E-state index in [1.165, 1.54) is 25.5 Å². The second-order valence-electron chi connectivity index (χ2n) is 6.89. The summed E-state index contributed by atoms with van der Waals surface area (Å²) >= 11 is 0. The Bertz CT molecular complexity index is 1270. The number of carbonyl (C=O) groups is 1. The van der Waals surface area contributed by atoms with E-state index in [2.05, 4.69) is 9.98 Å². The van der Waals surface area contributed by atoms with Gasteiger partial charge in [0.15, 0.2) is 6.04 Å². The number of nitrogens with zero attached hydrogens (tertiary/aromatic N) is 2. The van der Waals surface area contributed by atoms with Crippen LogP contribution in [0.3, 0.4) is 0 Å². The Morgan fingerprint density at radius 1 is 1.23 bits per heavy atom. The van der Waals surface area contributed by atoms with Gasteiger partial charge in [-0.1, -0.05) is 30.3 Å². The molecule has 0 unspecified atom stereocenters. The van der Waals surface area contributed by atoms with Gasteiger partial charge in [0.25, 0.3) is 5.69 Å². The van der Waals surface area contributed by atoms with Gasteiger partial charge in [-0.05, 0) is 23.8 Å². The number of carbonyl (C=O) groups excluding carboxylic acids is 1. The number of rotatable bonds is 7. The molecule has 0 bridgehead atoms. The van der Waals surface area contributed by atoms with Gasteiger partial charge in [0.2, 0.25) is 0 Å². The Morgan fingerprint density at radius 3 is 2.87 bits per heavy atom. The molecular weight excluding hydrogens is 398 g/mol. The van der Waals surface area contributed by atoms with Crippen molar-refractivity contribution in [2.45, 2.75) is 12.5 Å². The zero-order chi connectivity index (χ0) is 21.8. The summed E-state index contributed by atoms with van der Waals surface area (Å²) in [5.41, 5.74) is 2.50. The number of aromatic nitrogens is 1. The number of nitro benzene ring substituents is 1. The quantitative estimate of drug-likeness (QED) is 0.205. The summed E-state index contributed by atoms with van der Waals surface area (Å²) in [6.45, 7) is 0. The van der Waals surface area contributed by atoms with Crippen LogP contribution in [0.1, 0.15) is 11.3 Å². The molecular formula is C23H19N3O5. The van der Waals surface area contributed by atoms with Gasteiger partial charge in [-0.2, -0.15) is 0 Å². The van der Waals surface area contributed by atoms with Crippen LogP contribution >= 0.6 is 0 Å². The van der Waals surface area contributed by atoms with Crippen molar-refractivity contribution < 1.29 is 18.9 Å². The van der Waals surface area contributed by atoms with E-state index < -0.39 is 16.9 Å². The van der Waals surface area contributed by atoms with Gasteiger partial charge in [-0.15, -0.1) is 0 Å². The maximum absolute atomic E-state index is 12.3. The lowest BCUT2D eigenvalue weighted by Gasteiger charge is -2.09. The lowest BCUT2D eigenvalue weighted by atomic mass is 10.1. The SMILES string of the molecule is COC(=O)[C@@H](Cc1c[nH]c2ccccc12)N=Cc1ccc(-c2cccc([N+](=O)[O-])c2)o1. The second-order valence-corrected chi connectivity index (χ2v) is 6.89. The third-order valence-corrected chi connectivity index (χ3v) is 4.91. The van der Waals surface area contributed by atoms with Crippen molar-refractivity contribution in [3.8, 4) is 11.3 Å². The topological polar surface area (TPSA) is 111 Å². The Labute approximate surface area is 177 Å². The molecule has 2 aromatic carbocycles. The molecule has 2 heterocycles. The van der Waals surface area contributed by atoms with Crippen molar-refractivity contribution >= 4 is 28.8 Å². The molecule has 2 aromatic heterocycles. The number of nitrogens with one attached hydrogen (secondary N) is 1. The zero-order valence-corrected chi connectivity index (χ0v) is 16.6. The molecule has 31 heavy (non-hydrogen) atoms. The van der Waals surface area contributed by atoms with Crippen LogP contribution in [0.5, 0.6) is 0 Å². The number of hydrogen-bond acceptors (Lipinski definition) is 6. The average Bonchev–Trinajstić information content (AvgIpc) is 3.43. The third-order valence-electron chi connectivity index (χ3n) is 4.91. The molecule has 1 N–H and O–H groups in total. The normalized spacial score (nSPS) is 12.3. The van der Waals surface area contributed by atoms with Crippen molar-refractivity contribution in [2.75, 3.05) is 7.11 Å². The molecule has 4 rings (SSSR count). The van der Waals surface area contributed by atoms with E-state index >= 15 is 0 Å². The van der Waals surface area contributed by atoms with Crippen molar-refractivity contribution in [3.63, 3.8) is 0 Å². The van der Waals surface area contributed by atoms with E-state index in [9.17, 15) is 14.9 Å². The lowest BCUT2D eigenvalue weighted by Crippen LogP contribution is -2.23. The highest BCUT2D eigenvalue weighted by atomic mass is 16.6. The number of fused-ring (bicyclic) bond motifs is 1. The van der Waals surface area contributed by atoms with E-state index in [4.69, 9.17) is 9.15 Å². The summed E-state index contributed by atoms with van der Waals surface area (Å²) in [4.78, 5) is 30.4. The van der Waals surface area contributed by atoms with Gasteiger partial charge in [-0.25, -0.2) is 4.79 Å². The Balaban J connectivity index is 1.55. The van der Waals surface area contributed by atoms with Crippen molar-refractivity contribution in [3.05, 3.63) is 88.3 Å². The maximum Gasteiger partial charge on any atom is 0.330 e. The largest absolute Gasteiger partial charge is 0.467 e. The van der Waals surface area contributed by atoms with Gasteiger partial charge in [0, 0.05) is 41.2 Å². The number of esters is 1. The van der Waals surface area contributed by atoms with Crippen molar-refractivity contribution in [1.82, 2.24) is 4.98 Å². The highest BCUT2D eigenvalue weighted by Gasteiger charge is 2.20. The summed E-state index contributed by atoms with van der Waals surface area (Å²) in [5, 5.41) is 12.0. The van der Waals surface area contributed by atoms with E-state index in [1.807, 2.05) is 30.5 Å². The maximum atomic E-state index is 12.3. The molecule has 1 atom stereocenters. The monoisotopic (exact) mass is 417 g/mol. The van der Waals surface area contributed by atoms with E-state index in [0.29, 0.717) is 23.5 Å². The van der Waals surface area contributed by atoms with Crippen LogP contribution in [-0.2, 0) is 16.0 Å². The number of ether oxygens (including phenoxy) is 1. The van der Waals surface area contributed by atoms with Crippen molar-refractivity contribution in [2.24, 2.45) is 4.99 Å². The van der Waals surface area contributed by atoms with E-state index in [1.54, 1.807) is 24.3 Å². The first kappa shape index (κ1) is 20.1. The standard InChI is InChI=1S/C23H19N3O5/c1-30-23(27)21(12-16-13-24-20-8-3-2-7-19(16)20)25-14-18-9-10-22(31-18)15-5-4-6-17(11-15)26(28)29/h2-11,13-14,21,24H,12H2,1H3/t21-/m1/s1. The first-order chi connectivity index (χ1) is 15.0. The number of methoxy groups -OCH3 is 1. The molecule has 8 heteroatoms. The van der Waals surface area contributed by atoms with Crippen LogP contribution < -0.4 is 0 Å². The minimum Gasteiger partial charge on any atom is -0.467 e. The molecule has 0 amide bonds. The molecule has 0 aliphatic carbocycles. The molecule has 0 radical (unpaired) electrons. The first-order valence-electron chi connectivity index (χ1n) is 9.56. The third kappa shape index (κ3) is 4.37. The van der Waals surface area contributed by atoms with E-state index in [0.717, 1.165) is 16.5 Å². The number of para-hydroxylation sites is 1. The molecule has 0 aliphatic rings. The zero-order valence-electron chi connectivity index (χ0n) is 16.6. The van der Waals surface area contributed by atoms with Gasteiger partial charge >= 0.3 is 5.97 Å². The van der Waals surface area contributed by atoms with Crippen LogP contribution in [0, 0.1) is 10.1 Å². The fourth-order valence-corrected chi connectivity index (χ4v) is 3.36. The summed E-state index contributed by atoms with van der Waals surface area (Å²) in [6, 6.07) is 16.7. The summed E-state index contributed by atoms with van der Waals surface area (Å²) < 4.78 is 10.7. The molecule has 4 aromatic rings. The fourth-order valence-electron chi connectivity index (χ4n) is 3.36.